The number of rotatable bonds is 5. The van der Waals surface area contributed by atoms with E-state index in [2.05, 4.69) is 20.6 Å². The van der Waals surface area contributed by atoms with Gasteiger partial charge in [0.1, 0.15) is 5.82 Å². The number of hydrogen-bond donors (Lipinski definition) is 2. The van der Waals surface area contributed by atoms with Crippen molar-refractivity contribution in [3.63, 3.8) is 0 Å². The minimum absolute atomic E-state index is 0.0760. The third-order valence-corrected chi connectivity index (χ3v) is 3.51. The molecule has 5 nitrogen and oxygen atoms in total. The molecule has 0 spiro atoms. The monoisotopic (exact) mass is 370 g/mol. The number of guanidine groups is 1. The molecule has 0 aliphatic carbocycles. The molecule has 1 heterocycles. The van der Waals surface area contributed by atoms with Crippen LogP contribution in [0.2, 0.25) is 0 Å². The number of aliphatic imine (C=N–C) groups is 1. The third kappa shape index (κ3) is 5.33. The highest BCUT2D eigenvalue weighted by molar-refractivity contribution is 5.79. The number of nitrogens with one attached hydrogen (secondary N) is 2. The summed E-state index contributed by atoms with van der Waals surface area (Å²) in [7, 11) is 3.01. The van der Waals surface area contributed by atoms with Gasteiger partial charge < -0.3 is 15.4 Å². The van der Waals surface area contributed by atoms with Gasteiger partial charge in [-0.3, -0.25) is 4.99 Å². The molecule has 0 aliphatic rings. The van der Waals surface area contributed by atoms with E-state index in [4.69, 9.17) is 4.74 Å². The Balaban J connectivity index is 1.99. The van der Waals surface area contributed by atoms with E-state index in [1.165, 1.54) is 14.2 Å². The highest BCUT2D eigenvalue weighted by Gasteiger charge is 2.33. The van der Waals surface area contributed by atoms with Crippen LogP contribution in [0.5, 0.6) is 5.88 Å². The fraction of sp³-hybridized carbons (Fsp3) is 0.294. The van der Waals surface area contributed by atoms with Gasteiger partial charge >= 0.3 is 6.18 Å². The summed E-state index contributed by atoms with van der Waals surface area (Å²) in [6, 6.07) is 6.07. The van der Waals surface area contributed by atoms with Crippen LogP contribution in [-0.4, -0.2) is 25.1 Å². The highest BCUT2D eigenvalue weighted by Crippen LogP contribution is 2.32. The Morgan fingerprint density at radius 3 is 2.46 bits per heavy atom. The molecule has 1 aromatic carbocycles. The molecule has 0 unspecified atom stereocenters. The van der Waals surface area contributed by atoms with E-state index >= 15 is 0 Å². The van der Waals surface area contributed by atoms with E-state index in [9.17, 15) is 17.6 Å². The van der Waals surface area contributed by atoms with Crippen molar-refractivity contribution in [1.29, 1.82) is 0 Å². The van der Waals surface area contributed by atoms with Gasteiger partial charge in [0.05, 0.1) is 12.7 Å². The van der Waals surface area contributed by atoms with Crippen LogP contribution in [0.4, 0.5) is 17.6 Å². The first-order valence-electron chi connectivity index (χ1n) is 7.62. The first-order valence-corrected chi connectivity index (χ1v) is 7.62. The normalized spacial score (nSPS) is 12.0. The summed E-state index contributed by atoms with van der Waals surface area (Å²) in [6.45, 7) is 0.210. The zero-order valence-electron chi connectivity index (χ0n) is 14.2. The summed E-state index contributed by atoms with van der Waals surface area (Å²) >= 11 is 0. The van der Waals surface area contributed by atoms with Gasteiger partial charge in [-0.15, -0.1) is 0 Å². The van der Waals surface area contributed by atoms with Crippen molar-refractivity contribution in [3.8, 4) is 5.88 Å². The summed E-state index contributed by atoms with van der Waals surface area (Å²) in [5.74, 6) is -0.152. The molecule has 9 heteroatoms. The molecule has 0 fully saturated rings. The van der Waals surface area contributed by atoms with Gasteiger partial charge in [0.2, 0.25) is 5.88 Å². The van der Waals surface area contributed by atoms with Gasteiger partial charge in [-0.25, -0.2) is 9.37 Å². The molecular formula is C17H18F4N4O. The molecule has 0 amide bonds. The maximum absolute atomic E-state index is 13.1. The predicted octanol–water partition coefficient (Wildman–Crippen LogP) is 3.11. The van der Waals surface area contributed by atoms with E-state index in [0.29, 0.717) is 24.5 Å². The number of pyridine rings is 1. The summed E-state index contributed by atoms with van der Waals surface area (Å²) in [4.78, 5) is 8.01. The number of ether oxygens (including phenoxy) is 1. The number of nitrogens with zero attached hydrogens (tertiary/aromatic N) is 2. The predicted molar refractivity (Wildman–Crippen MR) is 89.2 cm³/mol. The molecule has 0 saturated heterocycles. The zero-order valence-corrected chi connectivity index (χ0v) is 14.2. The SMILES string of the molecule is CN=C(NCc1ccc(OC)nc1)NCc1ccc(F)cc1C(F)(F)F. The quantitative estimate of drug-likeness (QED) is 0.482. The standard InChI is InChI=1S/C17H18F4N4O/c1-22-16(24-9-11-3-6-15(26-2)23-8-11)25-10-12-4-5-13(18)7-14(12)17(19,20)21/h3-8H,9-10H2,1-2H3,(H2,22,24,25). The Labute approximate surface area is 148 Å². The van der Waals surface area contributed by atoms with E-state index in [-0.39, 0.29) is 12.1 Å². The van der Waals surface area contributed by atoms with Gasteiger partial charge in [0, 0.05) is 32.4 Å². The topological polar surface area (TPSA) is 58.5 Å². The Bertz CT molecular complexity index is 760. The average molecular weight is 370 g/mol. The van der Waals surface area contributed by atoms with Crippen molar-refractivity contribution in [2.24, 2.45) is 4.99 Å². The van der Waals surface area contributed by atoms with Gasteiger partial charge in [-0.2, -0.15) is 13.2 Å². The molecule has 0 atom stereocenters. The molecule has 0 bridgehead atoms. The molecule has 2 rings (SSSR count). The molecule has 26 heavy (non-hydrogen) atoms. The second kappa shape index (κ2) is 8.50. The molecule has 2 aromatic rings. The summed E-state index contributed by atoms with van der Waals surface area (Å²) in [5, 5.41) is 5.75. The van der Waals surface area contributed by atoms with E-state index in [1.807, 2.05) is 0 Å². The molecule has 0 aliphatic heterocycles. The summed E-state index contributed by atoms with van der Waals surface area (Å²) in [6.07, 6.45) is -3.02. The maximum Gasteiger partial charge on any atom is 0.416 e. The van der Waals surface area contributed by atoms with Crippen LogP contribution in [0.3, 0.4) is 0 Å². The van der Waals surface area contributed by atoms with Crippen LogP contribution in [-0.2, 0) is 19.3 Å². The minimum atomic E-state index is -4.63. The number of methoxy groups -OCH3 is 1. The number of alkyl halides is 3. The zero-order chi connectivity index (χ0) is 19.2. The number of benzene rings is 1. The van der Waals surface area contributed by atoms with Crippen molar-refractivity contribution in [3.05, 3.63) is 59.0 Å². The van der Waals surface area contributed by atoms with Gasteiger partial charge in [0.15, 0.2) is 5.96 Å². The molecular weight excluding hydrogens is 352 g/mol. The van der Waals surface area contributed by atoms with Crippen molar-refractivity contribution in [1.82, 2.24) is 15.6 Å². The Morgan fingerprint density at radius 2 is 1.88 bits per heavy atom. The lowest BCUT2D eigenvalue weighted by molar-refractivity contribution is -0.138. The molecule has 0 saturated carbocycles. The largest absolute Gasteiger partial charge is 0.481 e. The van der Waals surface area contributed by atoms with Gasteiger partial charge in [0.25, 0.3) is 0 Å². The van der Waals surface area contributed by atoms with Crippen LogP contribution >= 0.6 is 0 Å². The van der Waals surface area contributed by atoms with Crippen molar-refractivity contribution in [2.45, 2.75) is 19.3 Å². The van der Waals surface area contributed by atoms with Crippen molar-refractivity contribution >= 4 is 5.96 Å². The lowest BCUT2D eigenvalue weighted by Crippen LogP contribution is -2.36. The first kappa shape index (κ1) is 19.5. The van der Waals surface area contributed by atoms with Crippen LogP contribution in [0, 0.1) is 5.82 Å². The summed E-state index contributed by atoms with van der Waals surface area (Å²) in [5.41, 5.74) is -0.251. The van der Waals surface area contributed by atoms with E-state index in [1.54, 1.807) is 18.3 Å². The maximum atomic E-state index is 13.1. The van der Waals surface area contributed by atoms with Gasteiger partial charge in [-0.05, 0) is 23.3 Å². The lowest BCUT2D eigenvalue weighted by Gasteiger charge is -2.16. The minimum Gasteiger partial charge on any atom is -0.481 e. The Hall–Kier alpha value is -2.84. The fourth-order valence-electron chi connectivity index (χ4n) is 2.19. The fourth-order valence-corrected chi connectivity index (χ4v) is 2.19. The van der Waals surface area contributed by atoms with Gasteiger partial charge in [-0.1, -0.05) is 12.1 Å². The van der Waals surface area contributed by atoms with Crippen molar-refractivity contribution in [2.75, 3.05) is 14.2 Å². The third-order valence-electron chi connectivity index (χ3n) is 3.51. The molecule has 140 valence electrons. The molecule has 2 N–H and O–H groups in total. The van der Waals surface area contributed by atoms with Crippen LogP contribution < -0.4 is 15.4 Å². The summed E-state index contributed by atoms with van der Waals surface area (Å²) < 4.78 is 57.1. The molecule has 0 radical (unpaired) electrons. The van der Waals surface area contributed by atoms with Crippen LogP contribution in [0.1, 0.15) is 16.7 Å². The Morgan fingerprint density at radius 1 is 1.15 bits per heavy atom. The van der Waals surface area contributed by atoms with E-state index < -0.39 is 17.6 Å². The van der Waals surface area contributed by atoms with E-state index in [0.717, 1.165) is 17.7 Å². The number of halogens is 4. The smallest absolute Gasteiger partial charge is 0.416 e. The second-order valence-electron chi connectivity index (χ2n) is 5.29. The molecule has 1 aromatic heterocycles. The average Bonchev–Trinajstić information content (AvgIpc) is 2.62. The number of hydrogen-bond acceptors (Lipinski definition) is 3. The van der Waals surface area contributed by atoms with Crippen LogP contribution in [0.25, 0.3) is 0 Å². The highest BCUT2D eigenvalue weighted by atomic mass is 19.4. The Kier molecular flexibility index (Phi) is 6.37. The second-order valence-corrected chi connectivity index (χ2v) is 5.29. The number of aromatic nitrogens is 1. The lowest BCUT2D eigenvalue weighted by atomic mass is 10.1. The van der Waals surface area contributed by atoms with Crippen molar-refractivity contribution < 1.29 is 22.3 Å². The first-order chi connectivity index (χ1) is 12.3. The van der Waals surface area contributed by atoms with Crippen LogP contribution in [0.15, 0.2) is 41.5 Å².